The lowest BCUT2D eigenvalue weighted by Gasteiger charge is -2.25. The van der Waals surface area contributed by atoms with Crippen molar-refractivity contribution < 1.29 is 28.6 Å². The smallest absolute Gasteiger partial charge is 0.334 e. The van der Waals surface area contributed by atoms with Crippen molar-refractivity contribution in [3.63, 3.8) is 0 Å². The summed E-state index contributed by atoms with van der Waals surface area (Å²) in [5.41, 5.74) is -2.01. The molecule has 6 heteroatoms. The molecular weight excluding hydrogens is 300 g/mol. The van der Waals surface area contributed by atoms with Crippen LogP contribution in [0.4, 0.5) is 0 Å². The van der Waals surface area contributed by atoms with Gasteiger partial charge >= 0.3 is 17.9 Å². The zero-order chi connectivity index (χ0) is 17.7. The first-order valence-corrected chi connectivity index (χ1v) is 8.26. The number of hydrogen-bond donors (Lipinski definition) is 0. The number of methoxy groups -OCH3 is 3. The van der Waals surface area contributed by atoms with Gasteiger partial charge in [-0.05, 0) is 6.42 Å². The second-order valence-electron chi connectivity index (χ2n) is 5.60. The van der Waals surface area contributed by atoms with Crippen LogP contribution in [0.1, 0.15) is 64.7 Å². The molecule has 23 heavy (non-hydrogen) atoms. The summed E-state index contributed by atoms with van der Waals surface area (Å²) < 4.78 is 13.9. The van der Waals surface area contributed by atoms with Gasteiger partial charge < -0.3 is 14.2 Å². The van der Waals surface area contributed by atoms with Crippen LogP contribution in [0.2, 0.25) is 0 Å². The summed E-state index contributed by atoms with van der Waals surface area (Å²) in [6.45, 7) is 2.17. The van der Waals surface area contributed by atoms with E-state index in [-0.39, 0.29) is 6.42 Å². The third-order valence-electron chi connectivity index (χ3n) is 4.01. The van der Waals surface area contributed by atoms with Crippen molar-refractivity contribution in [2.24, 2.45) is 5.41 Å². The summed E-state index contributed by atoms with van der Waals surface area (Å²) in [6.07, 6.45) is 8.40. The van der Waals surface area contributed by atoms with E-state index >= 15 is 0 Å². The molecular formula is C17H30O6. The van der Waals surface area contributed by atoms with Crippen molar-refractivity contribution in [3.8, 4) is 0 Å². The van der Waals surface area contributed by atoms with Crippen molar-refractivity contribution in [1.82, 2.24) is 0 Å². The van der Waals surface area contributed by atoms with E-state index in [9.17, 15) is 14.4 Å². The van der Waals surface area contributed by atoms with Crippen molar-refractivity contribution in [1.29, 1.82) is 0 Å². The van der Waals surface area contributed by atoms with Gasteiger partial charge in [0.2, 0.25) is 0 Å². The molecule has 0 fully saturated rings. The average Bonchev–Trinajstić information content (AvgIpc) is 2.58. The molecule has 0 aromatic carbocycles. The second kappa shape index (κ2) is 11.9. The van der Waals surface area contributed by atoms with Crippen LogP contribution in [-0.2, 0) is 28.6 Å². The van der Waals surface area contributed by atoms with Gasteiger partial charge in [-0.25, -0.2) is 0 Å². The molecule has 134 valence electrons. The van der Waals surface area contributed by atoms with Crippen LogP contribution in [0.3, 0.4) is 0 Å². The summed E-state index contributed by atoms with van der Waals surface area (Å²) in [6, 6.07) is 0. The van der Waals surface area contributed by atoms with E-state index in [4.69, 9.17) is 0 Å². The van der Waals surface area contributed by atoms with Crippen LogP contribution in [0.15, 0.2) is 0 Å². The highest BCUT2D eigenvalue weighted by Gasteiger charge is 2.56. The third kappa shape index (κ3) is 6.20. The molecule has 0 saturated heterocycles. The molecule has 0 bridgehead atoms. The molecule has 0 aliphatic heterocycles. The average molecular weight is 330 g/mol. The third-order valence-corrected chi connectivity index (χ3v) is 4.01. The van der Waals surface area contributed by atoms with Gasteiger partial charge in [-0.3, -0.25) is 14.4 Å². The van der Waals surface area contributed by atoms with Gasteiger partial charge in [0.1, 0.15) is 0 Å². The van der Waals surface area contributed by atoms with Crippen molar-refractivity contribution >= 4 is 17.9 Å². The van der Waals surface area contributed by atoms with E-state index in [2.05, 4.69) is 21.1 Å². The Bertz CT molecular complexity index is 336. The highest BCUT2D eigenvalue weighted by atomic mass is 16.6. The number of carbonyl (C=O) groups excluding carboxylic acids is 3. The van der Waals surface area contributed by atoms with Crippen LogP contribution in [0, 0.1) is 5.41 Å². The molecule has 0 spiro atoms. The Balaban J connectivity index is 4.62. The molecule has 0 radical (unpaired) electrons. The highest BCUT2D eigenvalue weighted by Crippen LogP contribution is 2.30. The van der Waals surface area contributed by atoms with E-state index in [1.54, 1.807) is 0 Å². The molecule has 0 amide bonds. The Morgan fingerprint density at radius 2 is 1.00 bits per heavy atom. The first-order chi connectivity index (χ1) is 11.0. The van der Waals surface area contributed by atoms with Crippen molar-refractivity contribution in [2.45, 2.75) is 64.7 Å². The van der Waals surface area contributed by atoms with Crippen molar-refractivity contribution in [2.75, 3.05) is 21.3 Å². The largest absolute Gasteiger partial charge is 0.468 e. The summed E-state index contributed by atoms with van der Waals surface area (Å²) >= 11 is 0. The van der Waals surface area contributed by atoms with E-state index in [0.29, 0.717) is 6.42 Å². The van der Waals surface area contributed by atoms with Gasteiger partial charge in [-0.1, -0.05) is 58.3 Å². The van der Waals surface area contributed by atoms with Gasteiger partial charge in [0.25, 0.3) is 5.41 Å². The predicted molar refractivity (Wildman–Crippen MR) is 85.7 cm³/mol. The SMILES string of the molecule is CCCCCCCCCCC(C(=O)OC)(C(=O)OC)C(=O)OC. The van der Waals surface area contributed by atoms with Crippen LogP contribution in [-0.4, -0.2) is 39.2 Å². The fourth-order valence-electron chi connectivity index (χ4n) is 2.60. The molecule has 0 aromatic heterocycles. The maximum Gasteiger partial charge on any atom is 0.334 e. The van der Waals surface area contributed by atoms with Crippen molar-refractivity contribution in [3.05, 3.63) is 0 Å². The molecule has 0 saturated carbocycles. The zero-order valence-corrected chi connectivity index (χ0v) is 14.8. The van der Waals surface area contributed by atoms with Crippen LogP contribution < -0.4 is 0 Å². The lowest BCUT2D eigenvalue weighted by Crippen LogP contribution is -2.48. The number of hydrogen-bond acceptors (Lipinski definition) is 6. The van der Waals surface area contributed by atoms with E-state index < -0.39 is 23.3 Å². The molecule has 0 unspecified atom stereocenters. The fourth-order valence-corrected chi connectivity index (χ4v) is 2.60. The molecule has 0 atom stereocenters. The summed E-state index contributed by atoms with van der Waals surface area (Å²) in [5.74, 6) is -2.79. The Hall–Kier alpha value is -1.59. The number of unbranched alkanes of at least 4 members (excludes halogenated alkanes) is 7. The van der Waals surface area contributed by atoms with E-state index in [1.165, 1.54) is 25.7 Å². The van der Waals surface area contributed by atoms with Gasteiger partial charge in [0.05, 0.1) is 21.3 Å². The van der Waals surface area contributed by atoms with Gasteiger partial charge in [0, 0.05) is 0 Å². The molecule has 6 nitrogen and oxygen atoms in total. The lowest BCUT2D eigenvalue weighted by molar-refractivity contribution is -0.181. The minimum absolute atomic E-state index is 0.0357. The highest BCUT2D eigenvalue weighted by molar-refractivity contribution is 6.17. The first kappa shape index (κ1) is 21.4. The minimum Gasteiger partial charge on any atom is -0.468 e. The van der Waals surface area contributed by atoms with E-state index in [0.717, 1.165) is 40.6 Å². The summed E-state index contributed by atoms with van der Waals surface area (Å²) in [5, 5.41) is 0. The van der Waals surface area contributed by atoms with Crippen LogP contribution in [0.5, 0.6) is 0 Å². The summed E-state index contributed by atoms with van der Waals surface area (Å²) in [7, 11) is 3.41. The Morgan fingerprint density at radius 1 is 0.652 bits per heavy atom. The van der Waals surface area contributed by atoms with E-state index in [1.807, 2.05) is 0 Å². The quantitative estimate of drug-likeness (QED) is 0.237. The van der Waals surface area contributed by atoms with Crippen LogP contribution >= 0.6 is 0 Å². The zero-order valence-electron chi connectivity index (χ0n) is 14.8. The molecule has 0 aliphatic carbocycles. The monoisotopic (exact) mass is 330 g/mol. The first-order valence-electron chi connectivity index (χ1n) is 8.26. The summed E-state index contributed by atoms with van der Waals surface area (Å²) in [4.78, 5) is 36.1. The minimum atomic E-state index is -2.01. The van der Waals surface area contributed by atoms with Gasteiger partial charge in [-0.15, -0.1) is 0 Å². The molecule has 0 N–H and O–H groups in total. The number of ether oxygens (including phenoxy) is 3. The molecule has 0 rings (SSSR count). The maximum absolute atomic E-state index is 12.0. The second-order valence-corrected chi connectivity index (χ2v) is 5.60. The Labute approximate surface area is 138 Å². The normalized spacial score (nSPS) is 11.0. The Morgan fingerprint density at radius 3 is 1.35 bits per heavy atom. The molecule has 0 aromatic rings. The Kier molecular flexibility index (Phi) is 11.1. The van der Waals surface area contributed by atoms with Gasteiger partial charge in [0.15, 0.2) is 0 Å². The lowest BCUT2D eigenvalue weighted by atomic mass is 9.82. The number of carbonyl (C=O) groups is 3. The maximum atomic E-state index is 12.0. The van der Waals surface area contributed by atoms with Gasteiger partial charge in [-0.2, -0.15) is 0 Å². The predicted octanol–water partition coefficient (Wildman–Crippen LogP) is 3.02. The standard InChI is InChI=1S/C17H30O6/c1-5-6-7-8-9-10-11-12-13-17(14(18)21-2,15(19)22-3)16(20)23-4/h5-13H2,1-4H3. The topological polar surface area (TPSA) is 78.9 Å². The number of esters is 3. The molecule has 0 heterocycles. The van der Waals surface area contributed by atoms with Crippen LogP contribution in [0.25, 0.3) is 0 Å². The molecule has 0 aliphatic rings. The number of rotatable bonds is 12. The fraction of sp³-hybridized carbons (Fsp3) is 0.824.